The van der Waals surface area contributed by atoms with E-state index in [1.54, 1.807) is 54.2 Å². The molecule has 0 spiro atoms. The van der Waals surface area contributed by atoms with Gasteiger partial charge < -0.3 is 14.8 Å². The largest absolute Gasteiger partial charge is 0.329 e. The van der Waals surface area contributed by atoms with Crippen molar-refractivity contribution in [2.75, 3.05) is 29.8 Å². The maximum absolute atomic E-state index is 12.0. The average Bonchev–Trinajstić information content (AvgIpc) is 3.10. The van der Waals surface area contributed by atoms with Crippen molar-refractivity contribution in [1.82, 2.24) is 19.5 Å². The van der Waals surface area contributed by atoms with E-state index in [1.807, 2.05) is 24.1 Å². The Hall–Kier alpha value is -3.51. The second-order valence-corrected chi connectivity index (χ2v) is 12.1. The number of hydrogen-bond acceptors (Lipinski definition) is 9. The Balaban J connectivity index is 1.57. The van der Waals surface area contributed by atoms with Gasteiger partial charge in [0.25, 0.3) is 0 Å². The van der Waals surface area contributed by atoms with Crippen LogP contribution in [0, 0.1) is 0 Å². The topological polar surface area (TPSA) is 127 Å². The van der Waals surface area contributed by atoms with E-state index in [9.17, 15) is 16.8 Å². The summed E-state index contributed by atoms with van der Waals surface area (Å²) in [4.78, 5) is 14.9. The number of imidazole rings is 1. The number of aryl methyl sites for hydroxylation is 1. The number of anilines is 4. The molecule has 4 aromatic rings. The lowest BCUT2D eigenvalue weighted by Gasteiger charge is -2.19. The number of sulfone groups is 2. The van der Waals surface area contributed by atoms with Crippen LogP contribution < -0.4 is 10.2 Å². The van der Waals surface area contributed by atoms with Crippen LogP contribution in [0.1, 0.15) is 5.56 Å². The summed E-state index contributed by atoms with van der Waals surface area (Å²) in [6.45, 7) is 0. The molecule has 2 heterocycles. The summed E-state index contributed by atoms with van der Waals surface area (Å²) in [5.74, 6) is 0.972. The third kappa shape index (κ3) is 5.18. The fourth-order valence-corrected chi connectivity index (χ4v) is 5.21. The predicted molar refractivity (Wildman–Crippen MR) is 132 cm³/mol. The van der Waals surface area contributed by atoms with E-state index in [4.69, 9.17) is 0 Å². The smallest absolute Gasteiger partial charge is 0.229 e. The number of hydrogen-bond donors (Lipinski definition) is 1. The molecule has 0 atom stereocenters. The number of nitrogens with one attached hydrogen (secondary N) is 1. The van der Waals surface area contributed by atoms with Gasteiger partial charge in [-0.15, -0.1) is 0 Å². The summed E-state index contributed by atoms with van der Waals surface area (Å²) in [6, 6.07) is 14.3. The molecule has 0 aliphatic heterocycles. The van der Waals surface area contributed by atoms with E-state index in [-0.39, 0.29) is 10.9 Å². The Morgan fingerprint density at radius 2 is 1.68 bits per heavy atom. The van der Waals surface area contributed by atoms with Crippen molar-refractivity contribution in [2.45, 2.75) is 10.9 Å². The molecule has 0 unspecified atom stereocenters. The van der Waals surface area contributed by atoms with Gasteiger partial charge in [-0.05, 0) is 42.0 Å². The van der Waals surface area contributed by atoms with Gasteiger partial charge in [-0.2, -0.15) is 4.98 Å². The lowest BCUT2D eigenvalue weighted by molar-refractivity contribution is 0.586. The SMILES string of the molecule is CN(c1ccc2c(c1)nc(S(C)(=O)=O)n2C)c1ccnc(Nc2ccc(CS(C)(=O)=O)cc2)n1. The molecular weight excluding hydrogens is 476 g/mol. The Morgan fingerprint density at radius 3 is 2.32 bits per heavy atom. The molecule has 0 aliphatic carbocycles. The lowest BCUT2D eigenvalue weighted by atomic mass is 10.2. The first-order valence-corrected chi connectivity index (χ1v) is 14.1. The molecule has 2 aromatic carbocycles. The third-order valence-corrected chi connectivity index (χ3v) is 7.05. The van der Waals surface area contributed by atoms with E-state index in [0.717, 1.165) is 17.6 Å². The normalized spacial score (nSPS) is 12.1. The number of aromatic nitrogens is 4. The van der Waals surface area contributed by atoms with Crippen LogP contribution in [-0.2, 0) is 32.5 Å². The van der Waals surface area contributed by atoms with E-state index in [1.165, 1.54) is 6.26 Å². The molecule has 2 aromatic heterocycles. The van der Waals surface area contributed by atoms with Gasteiger partial charge in [0, 0.05) is 44.2 Å². The molecule has 10 nitrogen and oxygen atoms in total. The van der Waals surface area contributed by atoms with Crippen molar-refractivity contribution in [3.8, 4) is 0 Å². The highest BCUT2D eigenvalue weighted by atomic mass is 32.2. The standard InChI is InChI=1S/C22H24N6O4S2/c1-27(17-9-10-19-18(13-17)25-22(28(19)2)34(4,31)32)20-11-12-23-21(26-20)24-16-7-5-15(6-8-16)14-33(3,29)30/h5-13H,14H2,1-4H3,(H,23,24,26). The summed E-state index contributed by atoms with van der Waals surface area (Å²) >= 11 is 0. The van der Waals surface area contributed by atoms with Crippen molar-refractivity contribution in [3.63, 3.8) is 0 Å². The maximum atomic E-state index is 12.0. The highest BCUT2D eigenvalue weighted by Crippen LogP contribution is 2.28. The molecule has 0 fully saturated rings. The summed E-state index contributed by atoms with van der Waals surface area (Å²) < 4.78 is 48.4. The van der Waals surface area contributed by atoms with Crippen LogP contribution in [0.3, 0.4) is 0 Å². The number of rotatable bonds is 7. The summed E-state index contributed by atoms with van der Waals surface area (Å²) in [7, 11) is -3.03. The quantitative estimate of drug-likeness (QED) is 0.407. The van der Waals surface area contributed by atoms with Crippen molar-refractivity contribution in [2.24, 2.45) is 7.05 Å². The van der Waals surface area contributed by atoms with Crippen LogP contribution in [-0.4, -0.2) is 55.9 Å². The van der Waals surface area contributed by atoms with E-state index < -0.39 is 19.7 Å². The fourth-order valence-electron chi connectivity index (χ4n) is 3.55. The molecular formula is C22H24N6O4S2. The van der Waals surface area contributed by atoms with Crippen molar-refractivity contribution >= 4 is 53.8 Å². The number of nitrogens with zero attached hydrogens (tertiary/aromatic N) is 5. The molecule has 0 aliphatic rings. The molecule has 34 heavy (non-hydrogen) atoms. The molecule has 178 valence electrons. The minimum Gasteiger partial charge on any atom is -0.329 e. The molecule has 0 bridgehead atoms. The molecule has 0 radical (unpaired) electrons. The Labute approximate surface area is 198 Å². The van der Waals surface area contributed by atoms with Gasteiger partial charge in [0.2, 0.25) is 20.9 Å². The Bertz CT molecular complexity index is 1580. The monoisotopic (exact) mass is 500 g/mol. The van der Waals surface area contributed by atoms with Crippen LogP contribution >= 0.6 is 0 Å². The van der Waals surface area contributed by atoms with Crippen LogP contribution in [0.2, 0.25) is 0 Å². The van der Waals surface area contributed by atoms with Gasteiger partial charge in [-0.3, -0.25) is 0 Å². The van der Waals surface area contributed by atoms with Gasteiger partial charge >= 0.3 is 0 Å². The second-order valence-electron chi connectivity index (χ2n) is 8.09. The minimum absolute atomic E-state index is 0.0124. The van der Waals surface area contributed by atoms with E-state index in [2.05, 4.69) is 20.3 Å². The number of benzene rings is 2. The number of fused-ring (bicyclic) bond motifs is 1. The zero-order chi connectivity index (χ0) is 24.7. The highest BCUT2D eigenvalue weighted by molar-refractivity contribution is 7.90. The maximum Gasteiger partial charge on any atom is 0.229 e. The van der Waals surface area contributed by atoms with Crippen LogP contribution in [0.25, 0.3) is 11.0 Å². The van der Waals surface area contributed by atoms with Gasteiger partial charge in [-0.1, -0.05) is 12.1 Å². The molecule has 0 saturated carbocycles. The summed E-state index contributed by atoms with van der Waals surface area (Å²) in [5, 5.41) is 3.13. The van der Waals surface area contributed by atoms with Crippen LogP contribution in [0.4, 0.5) is 23.1 Å². The fraction of sp³-hybridized carbons (Fsp3) is 0.227. The molecule has 1 N–H and O–H groups in total. The molecule has 12 heteroatoms. The van der Waals surface area contributed by atoms with E-state index >= 15 is 0 Å². The highest BCUT2D eigenvalue weighted by Gasteiger charge is 2.18. The lowest BCUT2D eigenvalue weighted by Crippen LogP contribution is -2.12. The minimum atomic E-state index is -3.45. The van der Waals surface area contributed by atoms with Gasteiger partial charge in [0.15, 0.2) is 9.84 Å². The van der Waals surface area contributed by atoms with Gasteiger partial charge in [0.1, 0.15) is 5.82 Å². The van der Waals surface area contributed by atoms with Crippen molar-refractivity contribution in [1.29, 1.82) is 0 Å². The van der Waals surface area contributed by atoms with Gasteiger partial charge in [-0.25, -0.2) is 26.8 Å². The van der Waals surface area contributed by atoms with Crippen LogP contribution in [0.15, 0.2) is 59.9 Å². The van der Waals surface area contributed by atoms with E-state index in [0.29, 0.717) is 28.4 Å². The molecule has 0 amide bonds. The summed E-state index contributed by atoms with van der Waals surface area (Å²) in [5.41, 5.74) is 3.47. The summed E-state index contributed by atoms with van der Waals surface area (Å²) in [6.07, 6.45) is 3.96. The first-order chi connectivity index (χ1) is 15.9. The zero-order valence-corrected chi connectivity index (χ0v) is 20.7. The van der Waals surface area contributed by atoms with Crippen LogP contribution in [0.5, 0.6) is 0 Å². The molecule has 0 saturated heterocycles. The van der Waals surface area contributed by atoms with Crippen molar-refractivity contribution in [3.05, 3.63) is 60.3 Å². The average molecular weight is 501 g/mol. The second kappa shape index (κ2) is 8.69. The van der Waals surface area contributed by atoms with Crippen molar-refractivity contribution < 1.29 is 16.8 Å². The Morgan fingerprint density at radius 1 is 0.971 bits per heavy atom. The first-order valence-electron chi connectivity index (χ1n) is 10.2. The Kier molecular flexibility index (Phi) is 6.04. The molecule has 4 rings (SSSR count). The van der Waals surface area contributed by atoms with Gasteiger partial charge in [0.05, 0.1) is 16.8 Å². The third-order valence-electron chi connectivity index (χ3n) is 5.17. The first kappa shape index (κ1) is 23.6. The zero-order valence-electron chi connectivity index (χ0n) is 19.1. The predicted octanol–water partition coefficient (Wildman–Crippen LogP) is 2.82.